The van der Waals surface area contributed by atoms with Crippen LogP contribution in [0.15, 0.2) is 94.3 Å². The molecule has 1 N–H and O–H groups in total. The predicted molar refractivity (Wildman–Crippen MR) is 137 cm³/mol. The van der Waals surface area contributed by atoms with Crippen molar-refractivity contribution in [3.63, 3.8) is 0 Å². The molecular formula is C28H25ClN2O2. The third-order valence-electron chi connectivity index (χ3n) is 6.07. The van der Waals surface area contributed by atoms with Crippen molar-refractivity contribution in [2.75, 3.05) is 18.4 Å². The molecule has 0 radical (unpaired) electrons. The maximum atomic E-state index is 12.2. The summed E-state index contributed by atoms with van der Waals surface area (Å²) in [5.41, 5.74) is 4.32. The number of hydrogen-bond donors (Lipinski definition) is 1. The number of rotatable bonds is 5. The molecule has 0 aliphatic carbocycles. The van der Waals surface area contributed by atoms with Crippen molar-refractivity contribution >= 4 is 34.3 Å². The Bertz CT molecular complexity index is 1340. The van der Waals surface area contributed by atoms with Crippen LogP contribution in [0.25, 0.3) is 28.2 Å². The number of piperidine rings is 1. The molecular weight excluding hydrogens is 432 g/mol. The highest BCUT2D eigenvalue weighted by molar-refractivity contribution is 6.30. The van der Waals surface area contributed by atoms with E-state index in [1.807, 2.05) is 54.6 Å². The molecule has 0 unspecified atom stereocenters. The molecule has 2 heterocycles. The van der Waals surface area contributed by atoms with E-state index in [-0.39, 0.29) is 5.63 Å². The summed E-state index contributed by atoms with van der Waals surface area (Å²) in [7, 11) is 0. The smallest absolute Gasteiger partial charge is 0.338 e. The molecule has 33 heavy (non-hydrogen) atoms. The van der Waals surface area contributed by atoms with Crippen LogP contribution in [0.2, 0.25) is 5.02 Å². The van der Waals surface area contributed by atoms with Gasteiger partial charge in [-0.05, 0) is 66.1 Å². The molecule has 0 amide bonds. The zero-order valence-corrected chi connectivity index (χ0v) is 19.0. The second kappa shape index (κ2) is 9.55. The molecule has 0 bridgehead atoms. The first-order valence-corrected chi connectivity index (χ1v) is 11.6. The van der Waals surface area contributed by atoms with Crippen molar-refractivity contribution < 1.29 is 4.42 Å². The molecule has 5 rings (SSSR count). The second-order valence-electron chi connectivity index (χ2n) is 8.38. The lowest BCUT2D eigenvalue weighted by Gasteiger charge is -2.32. The van der Waals surface area contributed by atoms with Crippen LogP contribution in [-0.4, -0.2) is 24.0 Å². The van der Waals surface area contributed by atoms with E-state index in [0.717, 1.165) is 48.1 Å². The molecule has 5 heteroatoms. The summed E-state index contributed by atoms with van der Waals surface area (Å²) >= 11 is 6.18. The third kappa shape index (κ3) is 5.12. The Morgan fingerprint density at radius 2 is 1.70 bits per heavy atom. The van der Waals surface area contributed by atoms with E-state index in [1.165, 1.54) is 5.56 Å². The van der Waals surface area contributed by atoms with Gasteiger partial charge in [0, 0.05) is 35.6 Å². The summed E-state index contributed by atoms with van der Waals surface area (Å²) in [6, 6.07) is 25.8. The van der Waals surface area contributed by atoms with Gasteiger partial charge in [0.15, 0.2) is 0 Å². The highest BCUT2D eigenvalue weighted by Crippen LogP contribution is 2.30. The molecule has 1 aliphatic rings. The van der Waals surface area contributed by atoms with Crippen LogP contribution >= 0.6 is 11.6 Å². The first-order chi connectivity index (χ1) is 16.1. The first kappa shape index (κ1) is 21.4. The predicted octanol–water partition coefficient (Wildman–Crippen LogP) is 6.66. The second-order valence-corrected chi connectivity index (χ2v) is 8.82. The van der Waals surface area contributed by atoms with E-state index >= 15 is 0 Å². The van der Waals surface area contributed by atoms with E-state index in [9.17, 15) is 4.79 Å². The van der Waals surface area contributed by atoms with Gasteiger partial charge in [-0.3, -0.25) is 0 Å². The Labute approximate surface area is 198 Å². The SMILES string of the molecule is O=c1cc(NC2CCN(/C=C/c3ccccc3)CC2)c2cc(-c3cccc(Cl)c3)ccc2o1. The van der Waals surface area contributed by atoms with Crippen molar-refractivity contribution in [2.24, 2.45) is 0 Å². The van der Waals surface area contributed by atoms with Crippen molar-refractivity contribution in [2.45, 2.75) is 18.9 Å². The molecule has 1 fully saturated rings. The maximum Gasteiger partial charge on any atom is 0.338 e. The standard InChI is InChI=1S/C28H25ClN2O2/c29-23-8-4-7-21(17-23)22-9-10-27-25(18-22)26(19-28(32)33-27)30-24-12-15-31(16-13-24)14-11-20-5-2-1-3-6-20/h1-11,14,17-19,24,30H,12-13,15-16H2/b14-11+. The van der Waals surface area contributed by atoms with Crippen LogP contribution in [0.1, 0.15) is 18.4 Å². The quantitative estimate of drug-likeness (QED) is 0.341. The Kier molecular flexibility index (Phi) is 6.18. The van der Waals surface area contributed by atoms with Crippen LogP contribution in [0, 0.1) is 0 Å². The zero-order valence-electron chi connectivity index (χ0n) is 18.2. The van der Waals surface area contributed by atoms with Crippen LogP contribution in [0.4, 0.5) is 5.69 Å². The van der Waals surface area contributed by atoms with Crippen molar-refractivity contribution in [1.29, 1.82) is 0 Å². The van der Waals surface area contributed by atoms with Crippen LogP contribution < -0.4 is 10.9 Å². The van der Waals surface area contributed by atoms with E-state index in [4.69, 9.17) is 16.0 Å². The minimum absolute atomic E-state index is 0.297. The fraction of sp³-hybridized carbons (Fsp3) is 0.179. The number of anilines is 1. The van der Waals surface area contributed by atoms with Gasteiger partial charge in [0.2, 0.25) is 0 Å². The van der Waals surface area contributed by atoms with Crippen LogP contribution in [-0.2, 0) is 0 Å². The number of nitrogens with zero attached hydrogens (tertiary/aromatic N) is 1. The summed E-state index contributed by atoms with van der Waals surface area (Å²) in [4.78, 5) is 14.5. The Morgan fingerprint density at radius 3 is 2.48 bits per heavy atom. The first-order valence-electron chi connectivity index (χ1n) is 11.2. The summed E-state index contributed by atoms with van der Waals surface area (Å²) < 4.78 is 5.46. The van der Waals surface area contributed by atoms with Gasteiger partial charge in [0.05, 0.1) is 5.69 Å². The van der Waals surface area contributed by atoms with Gasteiger partial charge in [0.25, 0.3) is 0 Å². The fourth-order valence-electron chi connectivity index (χ4n) is 4.30. The van der Waals surface area contributed by atoms with Crippen LogP contribution in [0.3, 0.4) is 0 Å². The van der Waals surface area contributed by atoms with Gasteiger partial charge in [-0.2, -0.15) is 0 Å². The average molecular weight is 457 g/mol. The summed E-state index contributed by atoms with van der Waals surface area (Å²) in [5, 5.41) is 5.21. The van der Waals surface area contributed by atoms with Gasteiger partial charge in [-0.1, -0.05) is 60.1 Å². The zero-order chi connectivity index (χ0) is 22.6. The third-order valence-corrected chi connectivity index (χ3v) is 6.30. The van der Waals surface area contributed by atoms with E-state index in [2.05, 4.69) is 40.7 Å². The summed E-state index contributed by atoms with van der Waals surface area (Å²) in [5.74, 6) is 0. The van der Waals surface area contributed by atoms with Crippen LogP contribution in [0.5, 0.6) is 0 Å². The number of nitrogens with one attached hydrogen (secondary N) is 1. The lowest BCUT2D eigenvalue weighted by molar-refractivity contribution is 0.295. The number of benzene rings is 3. The number of hydrogen-bond acceptors (Lipinski definition) is 4. The number of likely N-dealkylation sites (tertiary alicyclic amines) is 1. The Morgan fingerprint density at radius 1 is 0.909 bits per heavy atom. The monoisotopic (exact) mass is 456 g/mol. The highest BCUT2D eigenvalue weighted by atomic mass is 35.5. The van der Waals surface area contributed by atoms with Gasteiger partial charge in [-0.25, -0.2) is 4.79 Å². The van der Waals surface area contributed by atoms with Crippen molar-refractivity contribution in [3.05, 3.63) is 106 Å². The Balaban J connectivity index is 1.33. The molecule has 166 valence electrons. The fourth-order valence-corrected chi connectivity index (χ4v) is 4.49. The molecule has 1 aromatic heterocycles. The number of halogens is 1. The largest absolute Gasteiger partial charge is 0.423 e. The molecule has 1 saturated heterocycles. The molecule has 0 atom stereocenters. The maximum absolute atomic E-state index is 12.2. The van der Waals surface area contributed by atoms with E-state index in [0.29, 0.717) is 16.6 Å². The highest BCUT2D eigenvalue weighted by Gasteiger charge is 2.18. The normalized spacial score (nSPS) is 14.8. The molecule has 4 nitrogen and oxygen atoms in total. The minimum atomic E-state index is -0.344. The minimum Gasteiger partial charge on any atom is -0.423 e. The molecule has 0 saturated carbocycles. The van der Waals surface area contributed by atoms with Gasteiger partial charge in [-0.15, -0.1) is 0 Å². The molecule has 0 spiro atoms. The molecule has 3 aromatic carbocycles. The lowest BCUT2D eigenvalue weighted by atomic mass is 10.0. The van der Waals surface area contributed by atoms with Gasteiger partial charge < -0.3 is 14.6 Å². The summed E-state index contributed by atoms with van der Waals surface area (Å²) in [6.07, 6.45) is 6.32. The number of fused-ring (bicyclic) bond motifs is 1. The molecule has 4 aromatic rings. The van der Waals surface area contributed by atoms with E-state index < -0.39 is 0 Å². The van der Waals surface area contributed by atoms with E-state index in [1.54, 1.807) is 6.07 Å². The Hall–Kier alpha value is -3.50. The summed E-state index contributed by atoms with van der Waals surface area (Å²) in [6.45, 7) is 1.93. The average Bonchev–Trinajstić information content (AvgIpc) is 2.84. The van der Waals surface area contributed by atoms with Crippen molar-refractivity contribution in [1.82, 2.24) is 4.90 Å². The van der Waals surface area contributed by atoms with Gasteiger partial charge >= 0.3 is 5.63 Å². The van der Waals surface area contributed by atoms with Gasteiger partial charge in [0.1, 0.15) is 5.58 Å². The topological polar surface area (TPSA) is 45.5 Å². The molecule has 1 aliphatic heterocycles. The van der Waals surface area contributed by atoms with Crippen molar-refractivity contribution in [3.8, 4) is 11.1 Å². The lowest BCUT2D eigenvalue weighted by Crippen LogP contribution is -2.36.